The molecule has 2 heteroatoms. The van der Waals surface area contributed by atoms with Gasteiger partial charge in [-0.15, -0.1) is 0 Å². The number of hydrogen-bond acceptors (Lipinski definition) is 2. The van der Waals surface area contributed by atoms with Crippen LogP contribution in [0.25, 0.3) is 0 Å². The van der Waals surface area contributed by atoms with E-state index < -0.39 is 0 Å². The second-order valence-electron chi connectivity index (χ2n) is 14.8. The summed E-state index contributed by atoms with van der Waals surface area (Å²) in [5.41, 5.74) is 2.54. The average molecular weight is 513 g/mol. The number of rotatable bonds is 12. The monoisotopic (exact) mass is 512 g/mol. The van der Waals surface area contributed by atoms with Crippen molar-refractivity contribution in [1.29, 1.82) is 0 Å². The molecule has 0 aromatic heterocycles. The Labute approximate surface area is 230 Å². The highest BCUT2D eigenvalue weighted by Gasteiger charge is 2.59. The molecule has 3 saturated carbocycles. The summed E-state index contributed by atoms with van der Waals surface area (Å²) in [6.07, 6.45) is 23.9. The van der Waals surface area contributed by atoms with Gasteiger partial charge in [-0.2, -0.15) is 0 Å². The van der Waals surface area contributed by atoms with E-state index in [4.69, 9.17) is 4.74 Å². The fourth-order valence-electron chi connectivity index (χ4n) is 9.87. The van der Waals surface area contributed by atoms with Gasteiger partial charge in [0, 0.05) is 12.8 Å². The summed E-state index contributed by atoms with van der Waals surface area (Å²) in [6.45, 7) is 14.9. The molecule has 37 heavy (non-hydrogen) atoms. The quantitative estimate of drug-likeness (QED) is 0.148. The van der Waals surface area contributed by atoms with Crippen molar-refractivity contribution < 1.29 is 9.53 Å². The summed E-state index contributed by atoms with van der Waals surface area (Å²) < 4.78 is 6.02. The molecule has 0 aromatic rings. The van der Waals surface area contributed by atoms with Gasteiger partial charge in [0.05, 0.1) is 0 Å². The zero-order valence-electron chi connectivity index (χ0n) is 25.5. The van der Waals surface area contributed by atoms with Crippen LogP contribution in [0.5, 0.6) is 0 Å². The van der Waals surface area contributed by atoms with Gasteiger partial charge in [0.15, 0.2) is 0 Å². The highest BCUT2D eigenvalue weighted by Crippen LogP contribution is 2.67. The molecule has 0 heterocycles. The fourth-order valence-corrected chi connectivity index (χ4v) is 9.87. The Bertz CT molecular complexity index is 782. The number of carbonyl (C=O) groups is 1. The third kappa shape index (κ3) is 6.35. The van der Waals surface area contributed by atoms with Gasteiger partial charge < -0.3 is 4.74 Å². The molecule has 0 unspecified atom stereocenters. The van der Waals surface area contributed by atoms with E-state index in [2.05, 4.69) is 47.6 Å². The SMILES string of the molecule is CCCCCCCC(=O)O[C@H]1CC[C@@]2(C)C(=CC[C@H]3[C@H]4CC[C@@H]([C@@H](C)CCCC(C)C)[C@@]4(C)CC[C@@H]32)C1. The van der Waals surface area contributed by atoms with Crippen molar-refractivity contribution >= 4 is 5.97 Å². The molecule has 212 valence electrons. The highest BCUT2D eigenvalue weighted by atomic mass is 16.5. The Kier molecular flexibility index (Phi) is 9.94. The standard InChI is InChI=1S/C35H60O2/c1-7-8-9-10-11-15-33(36)37-28-20-22-34(5)27(24-28)16-17-29-31-19-18-30(26(4)14-12-13-25(2)3)35(31,6)23-21-32(29)34/h16,25-26,28-32H,7-15,17-24H2,1-6H3/t26-,28-,29-,30-,31+,32-,34-,35+/m0/s1. The van der Waals surface area contributed by atoms with E-state index in [-0.39, 0.29) is 12.1 Å². The van der Waals surface area contributed by atoms with Crippen LogP contribution in [0.1, 0.15) is 151 Å². The second-order valence-corrected chi connectivity index (χ2v) is 14.8. The summed E-state index contributed by atoms with van der Waals surface area (Å²) >= 11 is 0. The number of unbranched alkanes of at least 4 members (excludes halogenated alkanes) is 4. The van der Waals surface area contributed by atoms with Gasteiger partial charge in [-0.1, -0.05) is 98.1 Å². The Balaban J connectivity index is 1.34. The van der Waals surface area contributed by atoms with Crippen LogP contribution in [0.3, 0.4) is 0 Å². The molecule has 0 bridgehead atoms. The number of ether oxygens (including phenoxy) is 1. The molecule has 0 aromatic carbocycles. The third-order valence-electron chi connectivity index (χ3n) is 12.0. The van der Waals surface area contributed by atoms with Gasteiger partial charge in [0.1, 0.15) is 6.10 Å². The van der Waals surface area contributed by atoms with Gasteiger partial charge in [0.25, 0.3) is 0 Å². The molecule has 0 N–H and O–H groups in total. The Hall–Kier alpha value is -0.790. The van der Waals surface area contributed by atoms with Crippen molar-refractivity contribution in [2.45, 2.75) is 157 Å². The lowest BCUT2D eigenvalue weighted by molar-refractivity contribution is -0.151. The molecule has 2 nitrogen and oxygen atoms in total. The first-order chi connectivity index (χ1) is 17.7. The smallest absolute Gasteiger partial charge is 0.306 e. The van der Waals surface area contributed by atoms with Crippen LogP contribution in [0.15, 0.2) is 11.6 Å². The molecule has 0 aliphatic heterocycles. The molecule has 3 fully saturated rings. The van der Waals surface area contributed by atoms with Crippen molar-refractivity contribution in [3.63, 3.8) is 0 Å². The number of fused-ring (bicyclic) bond motifs is 5. The molecule has 0 saturated heterocycles. The molecular weight excluding hydrogens is 452 g/mol. The third-order valence-corrected chi connectivity index (χ3v) is 12.0. The zero-order chi connectivity index (χ0) is 26.6. The van der Waals surface area contributed by atoms with Crippen LogP contribution in [0.2, 0.25) is 0 Å². The molecule has 0 spiro atoms. The maximum Gasteiger partial charge on any atom is 0.306 e. The summed E-state index contributed by atoms with van der Waals surface area (Å²) in [5.74, 6) is 5.34. The topological polar surface area (TPSA) is 26.3 Å². The largest absolute Gasteiger partial charge is 0.462 e. The maximum atomic E-state index is 12.5. The van der Waals surface area contributed by atoms with E-state index in [9.17, 15) is 4.79 Å². The lowest BCUT2D eigenvalue weighted by Crippen LogP contribution is -2.51. The molecule has 4 aliphatic rings. The fraction of sp³-hybridized carbons (Fsp3) is 0.914. The van der Waals surface area contributed by atoms with Crippen LogP contribution in [-0.4, -0.2) is 12.1 Å². The lowest BCUT2D eigenvalue weighted by Gasteiger charge is -2.58. The van der Waals surface area contributed by atoms with E-state index in [0.717, 1.165) is 61.2 Å². The maximum absolute atomic E-state index is 12.5. The average Bonchev–Trinajstić information content (AvgIpc) is 3.21. The molecule has 0 amide bonds. The van der Waals surface area contributed by atoms with Crippen LogP contribution >= 0.6 is 0 Å². The first-order valence-electron chi connectivity index (χ1n) is 16.6. The van der Waals surface area contributed by atoms with Gasteiger partial charge in [-0.25, -0.2) is 0 Å². The van der Waals surface area contributed by atoms with E-state index >= 15 is 0 Å². The summed E-state index contributed by atoms with van der Waals surface area (Å²) in [7, 11) is 0. The molecule has 4 aliphatic carbocycles. The van der Waals surface area contributed by atoms with Crippen molar-refractivity contribution in [2.75, 3.05) is 0 Å². The van der Waals surface area contributed by atoms with Crippen molar-refractivity contribution in [3.05, 3.63) is 11.6 Å². The van der Waals surface area contributed by atoms with Crippen molar-refractivity contribution in [2.24, 2.45) is 46.3 Å². The Morgan fingerprint density at radius 1 is 0.946 bits per heavy atom. The summed E-state index contributed by atoms with van der Waals surface area (Å²) in [5, 5.41) is 0. The highest BCUT2D eigenvalue weighted by molar-refractivity contribution is 5.69. The molecule has 4 rings (SSSR count). The van der Waals surface area contributed by atoms with Gasteiger partial charge in [-0.3, -0.25) is 4.79 Å². The minimum absolute atomic E-state index is 0.0485. The Morgan fingerprint density at radius 2 is 1.73 bits per heavy atom. The van der Waals surface area contributed by atoms with Gasteiger partial charge in [-0.05, 0) is 97.7 Å². The van der Waals surface area contributed by atoms with E-state index in [1.165, 1.54) is 77.0 Å². The van der Waals surface area contributed by atoms with Crippen molar-refractivity contribution in [3.8, 4) is 0 Å². The van der Waals surface area contributed by atoms with E-state index in [1.807, 2.05) is 0 Å². The molecule has 8 atom stereocenters. The van der Waals surface area contributed by atoms with E-state index in [0.29, 0.717) is 17.3 Å². The normalized spacial score (nSPS) is 37.9. The predicted molar refractivity (Wildman–Crippen MR) is 156 cm³/mol. The second kappa shape index (κ2) is 12.6. The van der Waals surface area contributed by atoms with Crippen LogP contribution in [0, 0.1) is 46.3 Å². The number of allylic oxidation sites excluding steroid dienone is 1. The summed E-state index contributed by atoms with van der Waals surface area (Å²) in [4.78, 5) is 12.5. The minimum atomic E-state index is 0.0485. The van der Waals surface area contributed by atoms with Gasteiger partial charge >= 0.3 is 5.97 Å². The predicted octanol–water partition coefficient (Wildman–Crippen LogP) is 10.3. The Morgan fingerprint density at radius 3 is 2.49 bits per heavy atom. The van der Waals surface area contributed by atoms with Gasteiger partial charge in [0.2, 0.25) is 0 Å². The minimum Gasteiger partial charge on any atom is -0.462 e. The first kappa shape index (κ1) is 29.2. The molecular formula is C35H60O2. The number of hydrogen-bond donors (Lipinski definition) is 0. The zero-order valence-corrected chi connectivity index (χ0v) is 25.5. The lowest BCUT2D eigenvalue weighted by atomic mass is 9.47. The van der Waals surface area contributed by atoms with E-state index in [1.54, 1.807) is 5.57 Å². The van der Waals surface area contributed by atoms with Crippen LogP contribution < -0.4 is 0 Å². The number of carbonyl (C=O) groups excluding carboxylic acids is 1. The van der Waals surface area contributed by atoms with Crippen LogP contribution in [0.4, 0.5) is 0 Å². The number of esters is 1. The van der Waals surface area contributed by atoms with Crippen LogP contribution in [-0.2, 0) is 9.53 Å². The molecule has 0 radical (unpaired) electrons. The first-order valence-corrected chi connectivity index (χ1v) is 16.6. The summed E-state index contributed by atoms with van der Waals surface area (Å²) in [6, 6.07) is 0. The van der Waals surface area contributed by atoms with Crippen molar-refractivity contribution in [1.82, 2.24) is 0 Å².